The normalized spacial score (nSPS) is 11.5. The Balaban J connectivity index is 2.14. The van der Waals surface area contributed by atoms with Gasteiger partial charge in [-0.1, -0.05) is 58.4 Å². The van der Waals surface area contributed by atoms with Crippen molar-refractivity contribution in [1.29, 1.82) is 0 Å². The average molecular weight is 376 g/mol. The minimum absolute atomic E-state index is 0.273. The second kappa shape index (κ2) is 5.74. The second-order valence-corrected chi connectivity index (χ2v) is 7.52. The monoisotopic (exact) mass is 375 g/mol. The van der Waals surface area contributed by atoms with E-state index in [0.717, 1.165) is 15.4 Å². The summed E-state index contributed by atoms with van der Waals surface area (Å²) in [6, 6.07) is 18.1. The van der Waals surface area contributed by atoms with Crippen LogP contribution in [-0.2, 0) is 10.0 Å². The van der Waals surface area contributed by atoms with Crippen molar-refractivity contribution in [3.8, 4) is 0 Å². The highest BCUT2D eigenvalue weighted by molar-refractivity contribution is 9.10. The molecule has 3 rings (SSSR count). The van der Waals surface area contributed by atoms with Crippen LogP contribution in [-0.4, -0.2) is 8.42 Å². The number of nitrogens with one attached hydrogen (secondary N) is 1. The highest BCUT2D eigenvalue weighted by Gasteiger charge is 2.18. The summed E-state index contributed by atoms with van der Waals surface area (Å²) in [6.07, 6.45) is 0. The smallest absolute Gasteiger partial charge is 0.262 e. The molecule has 3 nitrogen and oxygen atoms in total. The summed E-state index contributed by atoms with van der Waals surface area (Å²) in [6.45, 7) is 1.87. The lowest BCUT2D eigenvalue weighted by Gasteiger charge is -2.13. The summed E-state index contributed by atoms with van der Waals surface area (Å²) in [5.41, 5.74) is 1.47. The zero-order valence-corrected chi connectivity index (χ0v) is 14.3. The summed E-state index contributed by atoms with van der Waals surface area (Å²) in [5.74, 6) is 0. The first-order chi connectivity index (χ1) is 10.5. The number of anilines is 1. The van der Waals surface area contributed by atoms with E-state index < -0.39 is 10.0 Å². The van der Waals surface area contributed by atoms with Crippen LogP contribution in [0, 0.1) is 6.92 Å². The van der Waals surface area contributed by atoms with Crippen LogP contribution in [0.4, 0.5) is 5.69 Å². The van der Waals surface area contributed by atoms with Gasteiger partial charge in [0.2, 0.25) is 0 Å². The Morgan fingerprint density at radius 1 is 0.864 bits per heavy atom. The van der Waals surface area contributed by atoms with E-state index in [4.69, 9.17) is 0 Å². The van der Waals surface area contributed by atoms with Gasteiger partial charge in [0.15, 0.2) is 0 Å². The van der Waals surface area contributed by atoms with Crippen molar-refractivity contribution >= 4 is 42.4 Å². The van der Waals surface area contributed by atoms with Crippen LogP contribution in [0.3, 0.4) is 0 Å². The highest BCUT2D eigenvalue weighted by atomic mass is 79.9. The molecule has 0 amide bonds. The Labute approximate surface area is 138 Å². The summed E-state index contributed by atoms with van der Waals surface area (Å²) in [7, 11) is -3.65. The van der Waals surface area contributed by atoms with Gasteiger partial charge in [0, 0.05) is 9.86 Å². The van der Waals surface area contributed by atoms with Crippen LogP contribution >= 0.6 is 15.9 Å². The fourth-order valence-electron chi connectivity index (χ4n) is 2.36. The lowest BCUT2D eigenvalue weighted by Crippen LogP contribution is -2.14. The van der Waals surface area contributed by atoms with E-state index in [-0.39, 0.29) is 4.90 Å². The maximum absolute atomic E-state index is 12.8. The van der Waals surface area contributed by atoms with E-state index in [2.05, 4.69) is 20.7 Å². The number of para-hydroxylation sites is 1. The molecule has 0 fully saturated rings. The molecule has 0 radical (unpaired) electrons. The van der Waals surface area contributed by atoms with Crippen molar-refractivity contribution in [3.63, 3.8) is 0 Å². The van der Waals surface area contributed by atoms with E-state index in [0.29, 0.717) is 11.1 Å². The van der Waals surface area contributed by atoms with Gasteiger partial charge in [0.25, 0.3) is 10.0 Å². The quantitative estimate of drug-likeness (QED) is 0.720. The van der Waals surface area contributed by atoms with Crippen LogP contribution in [0.5, 0.6) is 0 Å². The molecule has 0 saturated carbocycles. The molecule has 0 spiro atoms. The molecule has 0 aliphatic heterocycles. The van der Waals surface area contributed by atoms with Gasteiger partial charge in [-0.05, 0) is 36.1 Å². The molecule has 0 aliphatic rings. The van der Waals surface area contributed by atoms with E-state index in [1.807, 2.05) is 49.4 Å². The largest absolute Gasteiger partial charge is 0.279 e. The summed E-state index contributed by atoms with van der Waals surface area (Å²) in [4.78, 5) is 0.273. The Hall–Kier alpha value is -1.85. The number of rotatable bonds is 3. The predicted molar refractivity (Wildman–Crippen MR) is 93.6 cm³/mol. The van der Waals surface area contributed by atoms with Crippen LogP contribution in [0.1, 0.15) is 5.56 Å². The fourth-order valence-corrected chi connectivity index (χ4v) is 4.18. The lowest BCUT2D eigenvalue weighted by molar-refractivity contribution is 0.602. The van der Waals surface area contributed by atoms with Gasteiger partial charge in [-0.25, -0.2) is 8.42 Å². The van der Waals surface area contributed by atoms with Crippen LogP contribution in [0.25, 0.3) is 10.8 Å². The molecule has 0 bridgehead atoms. The van der Waals surface area contributed by atoms with Crippen LogP contribution in [0.15, 0.2) is 70.0 Å². The van der Waals surface area contributed by atoms with E-state index in [9.17, 15) is 8.42 Å². The summed E-state index contributed by atoms with van der Waals surface area (Å²) >= 11 is 3.46. The van der Waals surface area contributed by atoms with Crippen molar-refractivity contribution in [3.05, 3.63) is 70.7 Å². The molecule has 0 heterocycles. The Kier molecular flexibility index (Phi) is 3.93. The molecule has 3 aromatic carbocycles. The molecule has 0 saturated heterocycles. The Morgan fingerprint density at radius 3 is 2.23 bits per heavy atom. The highest BCUT2D eigenvalue weighted by Crippen LogP contribution is 2.30. The third-order valence-electron chi connectivity index (χ3n) is 3.51. The number of halogens is 1. The molecule has 0 aliphatic carbocycles. The average Bonchev–Trinajstić information content (AvgIpc) is 2.50. The topological polar surface area (TPSA) is 46.2 Å². The molecule has 0 aromatic heterocycles. The first-order valence-electron chi connectivity index (χ1n) is 6.75. The second-order valence-electron chi connectivity index (χ2n) is 5.01. The van der Waals surface area contributed by atoms with Crippen molar-refractivity contribution in [2.45, 2.75) is 11.8 Å². The van der Waals surface area contributed by atoms with Crippen molar-refractivity contribution in [2.75, 3.05) is 4.72 Å². The van der Waals surface area contributed by atoms with Gasteiger partial charge in [-0.2, -0.15) is 0 Å². The molecular weight excluding hydrogens is 362 g/mol. The number of fused-ring (bicyclic) bond motifs is 1. The third-order valence-corrected chi connectivity index (χ3v) is 5.62. The molecule has 22 heavy (non-hydrogen) atoms. The zero-order chi connectivity index (χ0) is 15.7. The minimum atomic E-state index is -3.65. The molecule has 5 heteroatoms. The molecule has 112 valence electrons. The number of aryl methyl sites for hydroxylation is 1. The van der Waals surface area contributed by atoms with E-state index >= 15 is 0 Å². The summed E-state index contributed by atoms with van der Waals surface area (Å²) < 4.78 is 29.0. The SMILES string of the molecule is Cc1ccccc1NS(=O)(=O)c1ccc(Br)c2ccccc12. The van der Waals surface area contributed by atoms with E-state index in [1.54, 1.807) is 18.2 Å². The molecule has 1 N–H and O–H groups in total. The van der Waals surface area contributed by atoms with Gasteiger partial charge >= 0.3 is 0 Å². The van der Waals surface area contributed by atoms with Gasteiger partial charge < -0.3 is 0 Å². The molecule has 0 unspecified atom stereocenters. The third kappa shape index (κ3) is 2.74. The van der Waals surface area contributed by atoms with Crippen molar-refractivity contribution in [1.82, 2.24) is 0 Å². The lowest BCUT2D eigenvalue weighted by atomic mass is 10.1. The first kappa shape index (κ1) is 15.1. The van der Waals surface area contributed by atoms with Crippen molar-refractivity contribution in [2.24, 2.45) is 0 Å². The Bertz CT molecular complexity index is 952. The van der Waals surface area contributed by atoms with Crippen LogP contribution < -0.4 is 4.72 Å². The zero-order valence-electron chi connectivity index (χ0n) is 11.9. The van der Waals surface area contributed by atoms with Crippen LogP contribution in [0.2, 0.25) is 0 Å². The maximum atomic E-state index is 12.8. The molecular formula is C17H14BrNO2S. The van der Waals surface area contributed by atoms with Gasteiger partial charge in [-0.3, -0.25) is 4.72 Å². The molecule has 0 atom stereocenters. The number of sulfonamides is 1. The summed E-state index contributed by atoms with van der Waals surface area (Å²) in [5, 5.41) is 1.56. The van der Waals surface area contributed by atoms with Gasteiger partial charge in [0.1, 0.15) is 0 Å². The minimum Gasteiger partial charge on any atom is -0.279 e. The molecule has 3 aromatic rings. The predicted octanol–water partition coefficient (Wildman–Crippen LogP) is 4.71. The number of hydrogen-bond donors (Lipinski definition) is 1. The van der Waals surface area contributed by atoms with Crippen molar-refractivity contribution < 1.29 is 8.42 Å². The number of benzene rings is 3. The van der Waals surface area contributed by atoms with Gasteiger partial charge in [0.05, 0.1) is 10.6 Å². The Morgan fingerprint density at radius 2 is 1.50 bits per heavy atom. The van der Waals surface area contributed by atoms with Gasteiger partial charge in [-0.15, -0.1) is 0 Å². The maximum Gasteiger partial charge on any atom is 0.262 e. The fraction of sp³-hybridized carbons (Fsp3) is 0.0588. The number of hydrogen-bond acceptors (Lipinski definition) is 2. The standard InChI is InChI=1S/C17H14BrNO2S/c1-12-6-2-5-9-16(12)19-22(20,21)17-11-10-15(18)13-7-3-4-8-14(13)17/h2-11,19H,1H3. The first-order valence-corrected chi connectivity index (χ1v) is 9.02. The van der Waals surface area contributed by atoms with E-state index in [1.165, 1.54) is 0 Å².